The zero-order chi connectivity index (χ0) is 14.1. The second-order valence-electron chi connectivity index (χ2n) is 4.96. The minimum atomic E-state index is 0.536. The highest BCUT2D eigenvalue weighted by Crippen LogP contribution is 2.22. The number of fused-ring (bicyclic) bond motifs is 2. The van der Waals surface area contributed by atoms with Gasteiger partial charge in [-0.15, -0.1) is 0 Å². The molecule has 0 fully saturated rings. The second-order valence-corrected chi connectivity index (χ2v) is 4.96. The lowest BCUT2D eigenvalue weighted by Crippen LogP contribution is -1.98. The maximum Gasteiger partial charge on any atom is 0.179 e. The van der Waals surface area contributed by atoms with E-state index in [1.807, 2.05) is 28.9 Å². The van der Waals surface area contributed by atoms with Crippen molar-refractivity contribution in [1.29, 1.82) is 0 Å². The fourth-order valence-electron chi connectivity index (χ4n) is 2.61. The van der Waals surface area contributed by atoms with E-state index in [0.29, 0.717) is 6.61 Å². The van der Waals surface area contributed by atoms with Crippen molar-refractivity contribution in [3.63, 3.8) is 0 Å². The van der Waals surface area contributed by atoms with Gasteiger partial charge in [-0.1, -0.05) is 42.5 Å². The molecule has 0 aliphatic heterocycles. The molecule has 4 rings (SSSR count). The highest BCUT2D eigenvalue weighted by atomic mass is 16.5. The fraction of sp³-hybridized carbons (Fsp3) is 0.0556. The maximum absolute atomic E-state index is 5.99. The summed E-state index contributed by atoms with van der Waals surface area (Å²) in [7, 11) is 0. The molecule has 2 heterocycles. The zero-order valence-electron chi connectivity index (χ0n) is 11.4. The molecule has 102 valence electrons. The number of rotatable bonds is 3. The Morgan fingerprint density at radius 3 is 2.81 bits per heavy atom. The molecule has 0 unspecified atom stereocenters. The number of hydrogen-bond acceptors (Lipinski definition) is 2. The number of pyridine rings is 1. The lowest BCUT2D eigenvalue weighted by molar-refractivity contribution is 0.309. The van der Waals surface area contributed by atoms with Crippen LogP contribution in [-0.4, -0.2) is 9.38 Å². The summed E-state index contributed by atoms with van der Waals surface area (Å²) in [6.45, 7) is 0.536. The van der Waals surface area contributed by atoms with Gasteiger partial charge in [-0.2, -0.15) is 0 Å². The van der Waals surface area contributed by atoms with Crippen LogP contribution in [0.4, 0.5) is 0 Å². The van der Waals surface area contributed by atoms with Gasteiger partial charge in [0.1, 0.15) is 6.61 Å². The first-order chi connectivity index (χ1) is 10.4. The summed E-state index contributed by atoms with van der Waals surface area (Å²) in [5, 5.41) is 2.47. The Balaban J connectivity index is 1.68. The molecular weight excluding hydrogens is 260 g/mol. The Kier molecular flexibility index (Phi) is 2.82. The van der Waals surface area contributed by atoms with E-state index in [1.54, 1.807) is 6.20 Å². The van der Waals surface area contributed by atoms with Gasteiger partial charge in [0.15, 0.2) is 11.4 Å². The van der Waals surface area contributed by atoms with Gasteiger partial charge in [0.25, 0.3) is 0 Å². The third-order valence-corrected chi connectivity index (χ3v) is 3.65. The van der Waals surface area contributed by atoms with Crippen molar-refractivity contribution >= 4 is 16.4 Å². The van der Waals surface area contributed by atoms with Crippen molar-refractivity contribution < 1.29 is 4.74 Å². The van der Waals surface area contributed by atoms with Crippen molar-refractivity contribution in [2.45, 2.75) is 6.61 Å². The van der Waals surface area contributed by atoms with E-state index < -0.39 is 0 Å². The highest BCUT2D eigenvalue weighted by Gasteiger charge is 2.05. The smallest absolute Gasteiger partial charge is 0.179 e. The maximum atomic E-state index is 5.99. The molecule has 0 aliphatic carbocycles. The summed E-state index contributed by atoms with van der Waals surface area (Å²) >= 11 is 0. The van der Waals surface area contributed by atoms with Gasteiger partial charge in [-0.3, -0.25) is 0 Å². The van der Waals surface area contributed by atoms with Crippen molar-refractivity contribution in [3.8, 4) is 5.75 Å². The lowest BCUT2D eigenvalue weighted by Gasteiger charge is -2.09. The number of imidazole rings is 1. The molecule has 4 aromatic rings. The minimum Gasteiger partial charge on any atom is -0.485 e. The number of aromatic nitrogens is 2. The standard InChI is InChI=1S/C18H14N2O/c1-2-8-16-14(5-1)6-3-7-15(16)13-21-17-9-4-11-20-12-10-19-18(17)20/h1-12H,13H2. The van der Waals surface area contributed by atoms with E-state index >= 15 is 0 Å². The molecular formula is C18H14N2O. The van der Waals surface area contributed by atoms with Crippen LogP contribution in [0.3, 0.4) is 0 Å². The monoisotopic (exact) mass is 274 g/mol. The van der Waals surface area contributed by atoms with Gasteiger partial charge in [0.2, 0.25) is 0 Å². The molecule has 0 amide bonds. The molecule has 0 atom stereocenters. The molecule has 21 heavy (non-hydrogen) atoms. The molecule has 0 bridgehead atoms. The van der Waals surface area contributed by atoms with Crippen LogP contribution in [0.5, 0.6) is 5.75 Å². The van der Waals surface area contributed by atoms with E-state index in [0.717, 1.165) is 11.4 Å². The highest BCUT2D eigenvalue weighted by molar-refractivity contribution is 5.85. The Bertz CT molecular complexity index is 906. The summed E-state index contributed by atoms with van der Waals surface area (Å²) < 4.78 is 7.95. The Morgan fingerprint density at radius 1 is 0.905 bits per heavy atom. The van der Waals surface area contributed by atoms with Crippen LogP contribution >= 0.6 is 0 Å². The third kappa shape index (κ3) is 2.13. The van der Waals surface area contributed by atoms with Gasteiger partial charge in [-0.25, -0.2) is 4.98 Å². The number of hydrogen-bond donors (Lipinski definition) is 0. The number of nitrogens with zero attached hydrogens (tertiary/aromatic N) is 2. The molecule has 0 N–H and O–H groups in total. The molecule has 2 aromatic heterocycles. The zero-order valence-corrected chi connectivity index (χ0v) is 11.4. The molecule has 0 aliphatic rings. The Labute approximate surface area is 122 Å². The predicted molar refractivity (Wildman–Crippen MR) is 83.5 cm³/mol. The molecule has 3 heteroatoms. The molecule has 2 aromatic carbocycles. The average Bonchev–Trinajstić information content (AvgIpc) is 3.02. The normalized spacial score (nSPS) is 11.0. The molecule has 0 saturated carbocycles. The Hall–Kier alpha value is -2.81. The van der Waals surface area contributed by atoms with Gasteiger partial charge in [-0.05, 0) is 28.5 Å². The third-order valence-electron chi connectivity index (χ3n) is 3.65. The van der Waals surface area contributed by atoms with Crippen molar-refractivity contribution in [3.05, 3.63) is 78.8 Å². The van der Waals surface area contributed by atoms with E-state index in [2.05, 4.69) is 47.4 Å². The second kappa shape index (κ2) is 4.94. The summed E-state index contributed by atoms with van der Waals surface area (Å²) in [6, 6.07) is 18.6. The van der Waals surface area contributed by atoms with Crippen LogP contribution in [-0.2, 0) is 6.61 Å². The molecule has 0 spiro atoms. The quantitative estimate of drug-likeness (QED) is 0.563. The largest absolute Gasteiger partial charge is 0.485 e. The van der Waals surface area contributed by atoms with E-state index in [9.17, 15) is 0 Å². The van der Waals surface area contributed by atoms with Crippen LogP contribution < -0.4 is 4.74 Å². The molecule has 0 radical (unpaired) electrons. The summed E-state index contributed by atoms with van der Waals surface area (Å²) in [5.74, 6) is 0.801. The molecule has 3 nitrogen and oxygen atoms in total. The van der Waals surface area contributed by atoms with E-state index in [-0.39, 0.29) is 0 Å². The van der Waals surface area contributed by atoms with Crippen molar-refractivity contribution in [1.82, 2.24) is 9.38 Å². The fourth-order valence-corrected chi connectivity index (χ4v) is 2.61. The van der Waals surface area contributed by atoms with Gasteiger partial charge in [0, 0.05) is 18.6 Å². The van der Waals surface area contributed by atoms with Crippen molar-refractivity contribution in [2.24, 2.45) is 0 Å². The summed E-state index contributed by atoms with van der Waals surface area (Å²) in [5.41, 5.74) is 2.03. The van der Waals surface area contributed by atoms with E-state index in [4.69, 9.17) is 4.74 Å². The van der Waals surface area contributed by atoms with Crippen LogP contribution in [0.1, 0.15) is 5.56 Å². The SMILES string of the molecule is c1ccc2c(COc3cccn4ccnc34)cccc2c1. The van der Waals surface area contributed by atoms with Gasteiger partial charge in [0.05, 0.1) is 0 Å². The molecule has 0 saturated heterocycles. The summed E-state index contributed by atoms with van der Waals surface area (Å²) in [6.07, 6.45) is 5.66. The predicted octanol–water partition coefficient (Wildman–Crippen LogP) is 4.07. The summed E-state index contributed by atoms with van der Waals surface area (Å²) in [4.78, 5) is 4.33. The van der Waals surface area contributed by atoms with Crippen LogP contribution in [0.2, 0.25) is 0 Å². The lowest BCUT2D eigenvalue weighted by atomic mass is 10.1. The number of benzene rings is 2. The number of ether oxygens (including phenoxy) is 1. The minimum absolute atomic E-state index is 0.536. The van der Waals surface area contributed by atoms with E-state index in [1.165, 1.54) is 16.3 Å². The first-order valence-electron chi connectivity index (χ1n) is 6.93. The first kappa shape index (κ1) is 12.0. The first-order valence-corrected chi connectivity index (χ1v) is 6.93. The van der Waals surface area contributed by atoms with Crippen LogP contribution in [0, 0.1) is 0 Å². The van der Waals surface area contributed by atoms with Crippen LogP contribution in [0.15, 0.2) is 73.2 Å². The topological polar surface area (TPSA) is 26.5 Å². The van der Waals surface area contributed by atoms with Crippen LogP contribution in [0.25, 0.3) is 16.4 Å². The van der Waals surface area contributed by atoms with Gasteiger partial charge < -0.3 is 9.14 Å². The Morgan fingerprint density at radius 2 is 1.81 bits per heavy atom. The van der Waals surface area contributed by atoms with Gasteiger partial charge >= 0.3 is 0 Å². The van der Waals surface area contributed by atoms with Crippen molar-refractivity contribution in [2.75, 3.05) is 0 Å². The average molecular weight is 274 g/mol.